The maximum Gasteiger partial charge on any atom is 0.306 e. The van der Waals surface area contributed by atoms with Gasteiger partial charge in [-0.05, 0) is 12.5 Å². The molecule has 1 unspecified atom stereocenters. The summed E-state index contributed by atoms with van der Waals surface area (Å²) in [4.78, 5) is 23.2. The highest BCUT2D eigenvalue weighted by Gasteiger charge is 2.35. The van der Waals surface area contributed by atoms with Gasteiger partial charge in [0.05, 0.1) is 10.8 Å². The average molecular weight is 264 g/mol. The number of benzene rings is 1. The van der Waals surface area contributed by atoms with Gasteiger partial charge in [0.25, 0.3) is 5.69 Å². The predicted molar refractivity (Wildman–Crippen MR) is 70.3 cm³/mol. The van der Waals surface area contributed by atoms with Crippen molar-refractivity contribution in [1.29, 1.82) is 0 Å². The molecule has 0 saturated carbocycles. The van der Waals surface area contributed by atoms with E-state index in [1.54, 1.807) is 19.1 Å². The van der Waals surface area contributed by atoms with E-state index in [2.05, 4.69) is 0 Å². The minimum atomic E-state index is -0.791. The van der Waals surface area contributed by atoms with Crippen LogP contribution in [-0.2, 0) is 4.79 Å². The van der Waals surface area contributed by atoms with E-state index < -0.39 is 10.9 Å². The van der Waals surface area contributed by atoms with Gasteiger partial charge >= 0.3 is 5.97 Å². The van der Waals surface area contributed by atoms with Crippen molar-refractivity contribution in [3.8, 4) is 0 Å². The number of nitro groups is 1. The number of hydrogen-bond donors (Lipinski definition) is 1. The first kappa shape index (κ1) is 13.3. The summed E-state index contributed by atoms with van der Waals surface area (Å²) in [5, 5.41) is 19.7. The van der Waals surface area contributed by atoms with E-state index in [4.69, 9.17) is 5.11 Å². The maximum absolute atomic E-state index is 10.9. The molecule has 1 saturated heterocycles. The van der Waals surface area contributed by atoms with Gasteiger partial charge in [-0.15, -0.1) is 0 Å². The number of anilines is 1. The molecular weight excluding hydrogens is 248 g/mol. The van der Waals surface area contributed by atoms with Gasteiger partial charge in [0.1, 0.15) is 0 Å². The first-order chi connectivity index (χ1) is 8.90. The van der Waals surface area contributed by atoms with Crippen LogP contribution in [0.25, 0.3) is 0 Å². The summed E-state index contributed by atoms with van der Waals surface area (Å²) in [5.74, 6) is -1.06. The third-order valence-corrected chi connectivity index (χ3v) is 3.75. The zero-order valence-corrected chi connectivity index (χ0v) is 10.9. The Hall–Kier alpha value is -2.11. The molecule has 1 aromatic rings. The van der Waals surface area contributed by atoms with Gasteiger partial charge in [-0.2, -0.15) is 0 Å². The van der Waals surface area contributed by atoms with Crippen LogP contribution < -0.4 is 4.90 Å². The molecule has 0 amide bonds. The molecule has 2 rings (SSSR count). The molecule has 1 aromatic carbocycles. The van der Waals surface area contributed by atoms with Gasteiger partial charge in [-0.3, -0.25) is 14.9 Å². The molecule has 6 nitrogen and oxygen atoms in total. The first-order valence-corrected chi connectivity index (χ1v) is 6.13. The highest BCUT2D eigenvalue weighted by atomic mass is 16.6. The van der Waals surface area contributed by atoms with Crippen LogP contribution in [0, 0.1) is 28.9 Å². The summed E-state index contributed by atoms with van der Waals surface area (Å²) < 4.78 is 0. The number of non-ortho nitro benzene ring substituents is 1. The van der Waals surface area contributed by atoms with Crippen LogP contribution in [-0.4, -0.2) is 29.1 Å². The number of carboxylic acids is 1. The largest absolute Gasteiger partial charge is 0.481 e. The summed E-state index contributed by atoms with van der Waals surface area (Å²) in [6.45, 7) is 4.86. The van der Waals surface area contributed by atoms with E-state index in [1.807, 2.05) is 11.8 Å². The number of aryl methyl sites for hydroxylation is 1. The smallest absolute Gasteiger partial charge is 0.306 e. The number of rotatable bonds is 4. The molecule has 0 aromatic heterocycles. The van der Waals surface area contributed by atoms with Crippen molar-refractivity contribution in [2.24, 2.45) is 11.8 Å². The second kappa shape index (κ2) is 4.87. The molecule has 0 aliphatic carbocycles. The molecule has 1 atom stereocenters. The Labute approximate surface area is 110 Å². The Morgan fingerprint density at radius 2 is 2.16 bits per heavy atom. The predicted octanol–water partition coefficient (Wildman–Crippen LogP) is 2.06. The first-order valence-electron chi connectivity index (χ1n) is 6.13. The molecule has 0 bridgehead atoms. The van der Waals surface area contributed by atoms with Gasteiger partial charge in [0, 0.05) is 36.8 Å². The summed E-state index contributed by atoms with van der Waals surface area (Å²) in [6, 6.07) is 4.76. The number of hydrogen-bond acceptors (Lipinski definition) is 4. The van der Waals surface area contributed by atoms with Crippen molar-refractivity contribution in [2.75, 3.05) is 18.0 Å². The van der Waals surface area contributed by atoms with Gasteiger partial charge in [0.15, 0.2) is 0 Å². The lowest BCUT2D eigenvalue weighted by Crippen LogP contribution is -2.51. The fourth-order valence-electron chi connectivity index (χ4n) is 2.28. The van der Waals surface area contributed by atoms with Crippen molar-refractivity contribution in [3.05, 3.63) is 33.9 Å². The van der Waals surface area contributed by atoms with Crippen molar-refractivity contribution >= 4 is 17.3 Å². The van der Waals surface area contributed by atoms with Crippen LogP contribution in [0.15, 0.2) is 18.2 Å². The Bertz CT molecular complexity index is 523. The zero-order chi connectivity index (χ0) is 14.2. The lowest BCUT2D eigenvalue weighted by Gasteiger charge is -2.43. The summed E-state index contributed by atoms with van der Waals surface area (Å²) in [6.07, 6.45) is 0. The van der Waals surface area contributed by atoms with Gasteiger partial charge in [-0.1, -0.05) is 13.0 Å². The van der Waals surface area contributed by atoms with Crippen molar-refractivity contribution in [1.82, 2.24) is 0 Å². The lowest BCUT2D eigenvalue weighted by molar-refractivity contribution is -0.384. The normalized spacial score (nSPS) is 16.8. The molecule has 1 fully saturated rings. The monoisotopic (exact) mass is 264 g/mol. The van der Waals surface area contributed by atoms with Gasteiger partial charge in [0.2, 0.25) is 0 Å². The molecule has 0 spiro atoms. The molecule has 1 N–H and O–H groups in total. The molecular formula is C13H16N2O4. The number of aliphatic carboxylic acids is 1. The molecule has 0 radical (unpaired) electrons. The van der Waals surface area contributed by atoms with E-state index in [-0.39, 0.29) is 17.5 Å². The molecule has 19 heavy (non-hydrogen) atoms. The van der Waals surface area contributed by atoms with E-state index in [9.17, 15) is 14.9 Å². The van der Waals surface area contributed by atoms with E-state index in [0.29, 0.717) is 13.1 Å². The van der Waals surface area contributed by atoms with Gasteiger partial charge < -0.3 is 10.0 Å². The average Bonchev–Trinajstić information content (AvgIpc) is 2.28. The SMILES string of the molecule is Cc1ccc([N+](=O)[O-])cc1N1CC(C(C)C(=O)O)C1. The van der Waals surface area contributed by atoms with Crippen LogP contribution in [0.5, 0.6) is 0 Å². The van der Waals surface area contributed by atoms with Gasteiger partial charge in [-0.25, -0.2) is 0 Å². The van der Waals surface area contributed by atoms with Crippen LogP contribution >= 0.6 is 0 Å². The van der Waals surface area contributed by atoms with E-state index in [0.717, 1.165) is 11.3 Å². The van der Waals surface area contributed by atoms with Crippen molar-refractivity contribution in [2.45, 2.75) is 13.8 Å². The van der Waals surface area contributed by atoms with Crippen molar-refractivity contribution < 1.29 is 14.8 Å². The highest BCUT2D eigenvalue weighted by molar-refractivity contribution is 5.71. The number of nitrogens with zero attached hydrogens (tertiary/aromatic N) is 2. The Morgan fingerprint density at radius 1 is 1.53 bits per heavy atom. The van der Waals surface area contributed by atoms with Crippen molar-refractivity contribution in [3.63, 3.8) is 0 Å². The Kier molecular flexibility index (Phi) is 3.42. The summed E-state index contributed by atoms with van der Waals surface area (Å²) in [7, 11) is 0. The van der Waals surface area contributed by atoms with Crippen LogP contribution in [0.1, 0.15) is 12.5 Å². The fraction of sp³-hybridized carbons (Fsp3) is 0.462. The Balaban J connectivity index is 2.11. The van der Waals surface area contributed by atoms with Crippen LogP contribution in [0.4, 0.5) is 11.4 Å². The highest BCUT2D eigenvalue weighted by Crippen LogP contribution is 2.33. The molecule has 6 heteroatoms. The summed E-state index contributed by atoms with van der Waals surface area (Å²) in [5.41, 5.74) is 1.85. The zero-order valence-electron chi connectivity index (χ0n) is 10.9. The molecule has 1 aliphatic rings. The third kappa shape index (κ3) is 2.52. The third-order valence-electron chi connectivity index (χ3n) is 3.75. The van der Waals surface area contributed by atoms with E-state index >= 15 is 0 Å². The number of nitro benzene ring substituents is 1. The van der Waals surface area contributed by atoms with Crippen LogP contribution in [0.3, 0.4) is 0 Å². The second-order valence-corrected chi connectivity index (χ2v) is 5.02. The number of carboxylic acid groups (broad SMARTS) is 1. The molecule has 102 valence electrons. The van der Waals surface area contributed by atoms with E-state index in [1.165, 1.54) is 6.07 Å². The fourth-order valence-corrected chi connectivity index (χ4v) is 2.28. The minimum absolute atomic E-state index is 0.0651. The maximum atomic E-state index is 10.9. The standard InChI is InChI=1S/C13H16N2O4/c1-8-3-4-11(15(18)19)5-12(8)14-6-10(7-14)9(2)13(16)17/h3-5,9-10H,6-7H2,1-2H3,(H,16,17). The van der Waals surface area contributed by atoms with Crippen LogP contribution in [0.2, 0.25) is 0 Å². The lowest BCUT2D eigenvalue weighted by atomic mass is 9.86. The molecule has 1 aliphatic heterocycles. The molecule has 1 heterocycles. The summed E-state index contributed by atoms with van der Waals surface area (Å²) >= 11 is 0. The minimum Gasteiger partial charge on any atom is -0.481 e. The Morgan fingerprint density at radius 3 is 2.68 bits per heavy atom. The number of carbonyl (C=O) groups is 1. The second-order valence-electron chi connectivity index (χ2n) is 5.02. The topological polar surface area (TPSA) is 83.7 Å². The quantitative estimate of drug-likeness (QED) is 0.664.